The molecule has 26 heavy (non-hydrogen) atoms. The van der Waals surface area contributed by atoms with E-state index >= 15 is 0 Å². The van der Waals surface area contributed by atoms with E-state index in [4.69, 9.17) is 24.5 Å². The molecule has 5 atom stereocenters. The summed E-state index contributed by atoms with van der Waals surface area (Å²) < 4.78 is 20.8. The molecule has 1 aliphatic rings. The molecule has 12 heteroatoms. The molecule has 0 aromatic carbocycles. The monoisotopic (exact) mass is 372 g/mol. The van der Waals surface area contributed by atoms with Crippen molar-refractivity contribution in [1.82, 2.24) is 5.32 Å². The Morgan fingerprint density at radius 3 is 2.08 bits per heavy atom. The number of esters is 3. The van der Waals surface area contributed by atoms with Gasteiger partial charge in [-0.2, -0.15) is 0 Å². The van der Waals surface area contributed by atoms with E-state index in [1.54, 1.807) is 0 Å². The molecular formula is C14H20N4O8. The lowest BCUT2D eigenvalue weighted by Crippen LogP contribution is -2.65. The van der Waals surface area contributed by atoms with Crippen molar-refractivity contribution in [3.05, 3.63) is 10.4 Å². The van der Waals surface area contributed by atoms with E-state index in [2.05, 4.69) is 15.3 Å². The van der Waals surface area contributed by atoms with Gasteiger partial charge in [0.25, 0.3) is 0 Å². The topological polar surface area (TPSA) is 166 Å². The van der Waals surface area contributed by atoms with E-state index in [9.17, 15) is 19.2 Å². The minimum Gasteiger partial charge on any atom is -0.463 e. The van der Waals surface area contributed by atoms with Crippen LogP contribution in [0.1, 0.15) is 27.7 Å². The second-order valence-electron chi connectivity index (χ2n) is 5.45. The van der Waals surface area contributed by atoms with Gasteiger partial charge in [-0.15, -0.1) is 0 Å². The number of rotatable bonds is 6. The van der Waals surface area contributed by atoms with Crippen LogP contribution in [0.3, 0.4) is 0 Å². The Balaban J connectivity index is 3.28. The summed E-state index contributed by atoms with van der Waals surface area (Å²) >= 11 is 0. The summed E-state index contributed by atoms with van der Waals surface area (Å²) in [7, 11) is 0. The maximum Gasteiger partial charge on any atom is 0.303 e. The number of amides is 1. The Kier molecular flexibility index (Phi) is 7.81. The van der Waals surface area contributed by atoms with E-state index in [0.717, 1.165) is 20.8 Å². The van der Waals surface area contributed by atoms with Gasteiger partial charge in [0.2, 0.25) is 5.91 Å². The van der Waals surface area contributed by atoms with Crippen LogP contribution in [0.2, 0.25) is 0 Å². The predicted molar refractivity (Wildman–Crippen MR) is 83.2 cm³/mol. The summed E-state index contributed by atoms with van der Waals surface area (Å²) in [5.41, 5.74) is 8.74. The molecule has 1 N–H and O–H groups in total. The highest BCUT2D eigenvalue weighted by Gasteiger charge is 2.50. The third-order valence-electron chi connectivity index (χ3n) is 3.26. The molecule has 1 saturated heterocycles. The van der Waals surface area contributed by atoms with Gasteiger partial charge in [-0.3, -0.25) is 19.2 Å². The molecule has 0 aromatic rings. The maximum absolute atomic E-state index is 11.5. The minimum absolute atomic E-state index is 0.352. The maximum atomic E-state index is 11.5. The quantitative estimate of drug-likeness (QED) is 0.223. The fraction of sp³-hybridized carbons (Fsp3) is 0.714. The first-order valence-corrected chi connectivity index (χ1v) is 7.60. The van der Waals surface area contributed by atoms with Crippen LogP contribution in [0.25, 0.3) is 10.4 Å². The first-order chi connectivity index (χ1) is 12.1. The Morgan fingerprint density at radius 1 is 1.04 bits per heavy atom. The molecule has 0 aliphatic carbocycles. The predicted octanol–water partition coefficient (Wildman–Crippen LogP) is -0.0472. The summed E-state index contributed by atoms with van der Waals surface area (Å²) in [6.45, 7) is 4.26. The van der Waals surface area contributed by atoms with Gasteiger partial charge in [0, 0.05) is 32.6 Å². The number of nitrogens with one attached hydrogen (secondary N) is 1. The standard InChI is InChI=1S/C14H20N4O8/c1-6(19)16-11-13(25-9(4)22)12(24-8(3)21)10(5-23-7(2)20)26-14(11)17-18-15/h10-14H,5H2,1-4H3,(H,16,19)/t10-,11+,12+,13+,14-/m0/s1. The second-order valence-corrected chi connectivity index (χ2v) is 5.45. The molecule has 0 saturated carbocycles. The number of carbonyl (C=O) groups is 4. The van der Waals surface area contributed by atoms with Gasteiger partial charge in [0.05, 0.1) is 0 Å². The van der Waals surface area contributed by atoms with Gasteiger partial charge in [0.1, 0.15) is 18.8 Å². The molecule has 0 radical (unpaired) electrons. The molecule has 1 aliphatic heterocycles. The van der Waals surface area contributed by atoms with Crippen LogP contribution >= 0.6 is 0 Å². The van der Waals surface area contributed by atoms with Gasteiger partial charge in [0.15, 0.2) is 18.4 Å². The summed E-state index contributed by atoms with van der Waals surface area (Å²) in [5.74, 6) is -2.58. The van der Waals surface area contributed by atoms with Gasteiger partial charge >= 0.3 is 17.9 Å². The molecular weight excluding hydrogens is 352 g/mol. The van der Waals surface area contributed by atoms with Crippen LogP contribution in [0, 0.1) is 0 Å². The lowest BCUT2D eigenvalue weighted by molar-refractivity contribution is -0.222. The van der Waals surface area contributed by atoms with Crippen LogP contribution in [0.5, 0.6) is 0 Å². The number of azide groups is 1. The van der Waals surface area contributed by atoms with E-state index < -0.39 is 54.4 Å². The normalized spacial score (nSPS) is 27.5. The molecule has 1 fully saturated rings. The van der Waals surface area contributed by atoms with Crippen molar-refractivity contribution < 1.29 is 38.1 Å². The Bertz CT molecular complexity index is 618. The zero-order chi connectivity index (χ0) is 19.9. The van der Waals surface area contributed by atoms with E-state index in [1.165, 1.54) is 6.92 Å². The highest BCUT2D eigenvalue weighted by molar-refractivity contribution is 5.73. The average molecular weight is 372 g/mol. The first-order valence-electron chi connectivity index (χ1n) is 7.60. The summed E-state index contributed by atoms with van der Waals surface area (Å²) in [4.78, 5) is 48.2. The highest BCUT2D eigenvalue weighted by atomic mass is 16.6. The average Bonchev–Trinajstić information content (AvgIpc) is 2.50. The number of hydrogen-bond acceptors (Lipinski definition) is 9. The van der Waals surface area contributed by atoms with E-state index in [0.29, 0.717) is 0 Å². The van der Waals surface area contributed by atoms with Crippen molar-refractivity contribution in [3.63, 3.8) is 0 Å². The molecule has 1 heterocycles. The zero-order valence-corrected chi connectivity index (χ0v) is 14.7. The number of ether oxygens (including phenoxy) is 4. The lowest BCUT2D eigenvalue weighted by atomic mass is 9.95. The molecule has 12 nitrogen and oxygen atoms in total. The highest BCUT2D eigenvalue weighted by Crippen LogP contribution is 2.28. The van der Waals surface area contributed by atoms with Crippen molar-refractivity contribution in [2.75, 3.05) is 6.61 Å². The van der Waals surface area contributed by atoms with Crippen LogP contribution in [-0.2, 0) is 38.1 Å². The van der Waals surface area contributed by atoms with Crippen molar-refractivity contribution in [2.45, 2.75) is 58.3 Å². The van der Waals surface area contributed by atoms with Crippen LogP contribution in [0.4, 0.5) is 0 Å². The van der Waals surface area contributed by atoms with Crippen molar-refractivity contribution >= 4 is 23.8 Å². The molecule has 144 valence electrons. The third kappa shape index (κ3) is 6.22. The largest absolute Gasteiger partial charge is 0.463 e. The zero-order valence-electron chi connectivity index (χ0n) is 14.7. The molecule has 0 spiro atoms. The van der Waals surface area contributed by atoms with Crippen molar-refractivity contribution in [1.29, 1.82) is 0 Å². The van der Waals surface area contributed by atoms with Crippen molar-refractivity contribution in [2.24, 2.45) is 5.11 Å². The lowest BCUT2D eigenvalue weighted by Gasteiger charge is -2.43. The Morgan fingerprint density at radius 2 is 1.62 bits per heavy atom. The number of carbonyl (C=O) groups excluding carboxylic acids is 4. The summed E-state index contributed by atoms with van der Waals surface area (Å²) in [6, 6.07) is -1.12. The third-order valence-corrected chi connectivity index (χ3v) is 3.26. The van der Waals surface area contributed by atoms with Crippen LogP contribution in [-0.4, -0.2) is 61.0 Å². The fourth-order valence-corrected chi connectivity index (χ4v) is 2.46. The number of nitrogens with zero attached hydrogens (tertiary/aromatic N) is 3. The SMILES string of the molecule is CC(=O)N[C@@H]1[C@@H](OC(C)=O)[C@H](OC(C)=O)[C@H](COC(C)=O)O[C@@H]1N=[N+]=[N-]. The summed E-state index contributed by atoms with van der Waals surface area (Å²) in [5, 5.41) is 5.89. The Hall–Kier alpha value is -2.85. The molecule has 0 unspecified atom stereocenters. The minimum atomic E-state index is -1.29. The van der Waals surface area contributed by atoms with Crippen molar-refractivity contribution in [3.8, 4) is 0 Å². The molecule has 0 aromatic heterocycles. The fourth-order valence-electron chi connectivity index (χ4n) is 2.46. The van der Waals surface area contributed by atoms with Crippen LogP contribution in [0.15, 0.2) is 5.11 Å². The van der Waals surface area contributed by atoms with Gasteiger partial charge < -0.3 is 24.3 Å². The van der Waals surface area contributed by atoms with E-state index in [1.807, 2.05) is 0 Å². The smallest absolute Gasteiger partial charge is 0.303 e. The summed E-state index contributed by atoms with van der Waals surface area (Å²) in [6.07, 6.45) is -4.82. The van der Waals surface area contributed by atoms with Gasteiger partial charge in [-0.05, 0) is 5.53 Å². The van der Waals surface area contributed by atoms with E-state index in [-0.39, 0.29) is 6.61 Å². The molecule has 1 amide bonds. The Labute approximate surface area is 148 Å². The first kappa shape index (κ1) is 21.2. The number of hydrogen-bond donors (Lipinski definition) is 1. The molecule has 1 rings (SSSR count). The second kappa shape index (κ2) is 9.59. The van der Waals surface area contributed by atoms with Crippen LogP contribution < -0.4 is 5.32 Å². The molecule has 0 bridgehead atoms. The van der Waals surface area contributed by atoms with Gasteiger partial charge in [-0.1, -0.05) is 5.11 Å². The van der Waals surface area contributed by atoms with Gasteiger partial charge in [-0.25, -0.2) is 0 Å².